The maximum atomic E-state index is 8.84. The number of aliphatic hydroxyl groups is 2. The minimum absolute atomic E-state index is 0.235. The monoisotopic (exact) mass is 132 g/mol. The average Bonchev–Trinajstić information content (AvgIpc) is 1.87. The molecule has 54 valence electrons. The van der Waals surface area contributed by atoms with Crippen LogP contribution in [0.25, 0.3) is 0 Å². The van der Waals surface area contributed by atoms with Crippen molar-refractivity contribution in [2.75, 3.05) is 13.2 Å². The Kier molecular flexibility index (Phi) is 4.30. The van der Waals surface area contributed by atoms with E-state index in [0.717, 1.165) is 0 Å². The number of rotatable bonds is 4. The molecule has 0 aliphatic rings. The molecule has 3 nitrogen and oxygen atoms in total. The molecule has 0 aromatic carbocycles. The smallest absolute Gasteiger partial charge is 0.179 e. The molecule has 0 heterocycles. The number of hydrogen-bond acceptors (Lipinski definition) is 3. The molecule has 0 aromatic rings. The van der Waals surface area contributed by atoms with Crippen molar-refractivity contribution in [3.05, 3.63) is 12.2 Å². The van der Waals surface area contributed by atoms with E-state index in [1.54, 1.807) is 6.92 Å². The van der Waals surface area contributed by atoms with Gasteiger partial charge in [-0.05, 0) is 6.92 Å². The molecule has 1 atom stereocenters. The molecule has 3 heteroatoms. The molecule has 0 rings (SSSR count). The highest BCUT2D eigenvalue weighted by molar-refractivity contribution is 4.96. The number of ether oxygens (including phenoxy) is 1. The van der Waals surface area contributed by atoms with Crippen LogP contribution in [0.2, 0.25) is 0 Å². The van der Waals surface area contributed by atoms with Crippen molar-refractivity contribution >= 4 is 0 Å². The van der Waals surface area contributed by atoms with Gasteiger partial charge < -0.3 is 14.9 Å². The fraction of sp³-hybridized carbons (Fsp3) is 0.667. The molecule has 0 bridgehead atoms. The standard InChI is InChI=1S/C6H12O3/c1-3-9-6(8)5(2)4-7/h6-8H,2-4H2,1H3. The third kappa shape index (κ3) is 3.24. The van der Waals surface area contributed by atoms with Gasteiger partial charge in [0, 0.05) is 12.2 Å². The van der Waals surface area contributed by atoms with Crippen LogP contribution in [0, 0.1) is 0 Å². The van der Waals surface area contributed by atoms with Crippen molar-refractivity contribution in [1.82, 2.24) is 0 Å². The van der Waals surface area contributed by atoms with Crippen molar-refractivity contribution in [2.45, 2.75) is 13.2 Å². The van der Waals surface area contributed by atoms with Gasteiger partial charge in [-0.1, -0.05) is 6.58 Å². The van der Waals surface area contributed by atoms with Gasteiger partial charge >= 0.3 is 0 Å². The molecule has 0 radical (unpaired) electrons. The summed E-state index contributed by atoms with van der Waals surface area (Å²) in [5.74, 6) is 0. The Labute approximate surface area is 54.6 Å². The Hall–Kier alpha value is -0.380. The van der Waals surface area contributed by atoms with E-state index in [1.165, 1.54) is 0 Å². The molecule has 0 saturated heterocycles. The van der Waals surface area contributed by atoms with Crippen LogP contribution in [0.15, 0.2) is 12.2 Å². The first-order valence-corrected chi connectivity index (χ1v) is 2.80. The molecule has 0 aliphatic carbocycles. The van der Waals surface area contributed by atoms with Gasteiger partial charge in [0.15, 0.2) is 6.29 Å². The van der Waals surface area contributed by atoms with E-state index in [0.29, 0.717) is 6.61 Å². The van der Waals surface area contributed by atoms with Gasteiger partial charge in [-0.2, -0.15) is 0 Å². The maximum Gasteiger partial charge on any atom is 0.179 e. The van der Waals surface area contributed by atoms with E-state index >= 15 is 0 Å². The third-order valence-electron chi connectivity index (χ3n) is 0.877. The van der Waals surface area contributed by atoms with Crippen molar-refractivity contribution in [3.63, 3.8) is 0 Å². The lowest BCUT2D eigenvalue weighted by molar-refractivity contribution is -0.0714. The van der Waals surface area contributed by atoms with Crippen LogP contribution in [-0.2, 0) is 4.74 Å². The summed E-state index contributed by atoms with van der Waals surface area (Å²) in [5, 5.41) is 17.2. The molecule has 0 amide bonds. The van der Waals surface area contributed by atoms with E-state index in [1.807, 2.05) is 0 Å². The molecule has 0 spiro atoms. The average molecular weight is 132 g/mol. The quantitative estimate of drug-likeness (QED) is 0.414. The van der Waals surface area contributed by atoms with Gasteiger partial charge in [0.05, 0.1) is 6.61 Å². The maximum absolute atomic E-state index is 8.84. The predicted molar refractivity (Wildman–Crippen MR) is 33.9 cm³/mol. The fourth-order valence-electron chi connectivity index (χ4n) is 0.354. The van der Waals surface area contributed by atoms with Crippen LogP contribution in [0.4, 0.5) is 0 Å². The first-order valence-electron chi connectivity index (χ1n) is 2.80. The number of aliphatic hydroxyl groups excluding tert-OH is 2. The summed E-state index contributed by atoms with van der Waals surface area (Å²) in [4.78, 5) is 0. The first-order chi connectivity index (χ1) is 4.22. The Morgan fingerprint density at radius 2 is 2.33 bits per heavy atom. The topological polar surface area (TPSA) is 49.7 Å². The fourth-order valence-corrected chi connectivity index (χ4v) is 0.354. The second-order valence-electron chi connectivity index (χ2n) is 1.62. The van der Waals surface area contributed by atoms with Gasteiger partial charge in [-0.15, -0.1) is 0 Å². The molecule has 9 heavy (non-hydrogen) atoms. The summed E-state index contributed by atoms with van der Waals surface area (Å²) < 4.78 is 4.69. The molecule has 0 saturated carbocycles. The SMILES string of the molecule is C=C(CO)C(O)OCC. The van der Waals surface area contributed by atoms with Crippen LogP contribution in [-0.4, -0.2) is 29.7 Å². The molecule has 2 N–H and O–H groups in total. The zero-order valence-electron chi connectivity index (χ0n) is 5.50. The Balaban J connectivity index is 3.45. The molecule has 1 unspecified atom stereocenters. The second kappa shape index (κ2) is 4.49. The lowest BCUT2D eigenvalue weighted by Crippen LogP contribution is -2.16. The first kappa shape index (κ1) is 8.62. The lowest BCUT2D eigenvalue weighted by atomic mass is 10.3. The molecule has 0 aromatic heterocycles. The molecule has 0 fully saturated rings. The Bertz CT molecular complexity index is 90.3. The van der Waals surface area contributed by atoms with E-state index in [-0.39, 0.29) is 12.2 Å². The zero-order valence-corrected chi connectivity index (χ0v) is 5.50. The summed E-state index contributed by atoms with van der Waals surface area (Å²) in [7, 11) is 0. The van der Waals surface area contributed by atoms with E-state index in [2.05, 4.69) is 6.58 Å². The van der Waals surface area contributed by atoms with E-state index < -0.39 is 6.29 Å². The van der Waals surface area contributed by atoms with Crippen LogP contribution in [0.3, 0.4) is 0 Å². The minimum atomic E-state index is -1.01. The van der Waals surface area contributed by atoms with Crippen molar-refractivity contribution in [2.24, 2.45) is 0 Å². The summed E-state index contributed by atoms with van der Waals surface area (Å²) >= 11 is 0. The zero-order chi connectivity index (χ0) is 7.28. The van der Waals surface area contributed by atoms with Gasteiger partial charge in [-0.25, -0.2) is 0 Å². The molecule has 0 aliphatic heterocycles. The predicted octanol–water partition coefficient (Wildman–Crippen LogP) is -0.110. The van der Waals surface area contributed by atoms with Crippen molar-refractivity contribution < 1.29 is 14.9 Å². The lowest BCUT2D eigenvalue weighted by Gasteiger charge is -2.09. The normalized spacial score (nSPS) is 13.2. The number of hydrogen-bond donors (Lipinski definition) is 2. The largest absolute Gasteiger partial charge is 0.392 e. The van der Waals surface area contributed by atoms with Crippen LogP contribution in [0.5, 0.6) is 0 Å². The van der Waals surface area contributed by atoms with Gasteiger partial charge in [-0.3, -0.25) is 0 Å². The summed E-state index contributed by atoms with van der Waals surface area (Å²) in [5.41, 5.74) is 0.289. The van der Waals surface area contributed by atoms with Crippen LogP contribution >= 0.6 is 0 Å². The molecular formula is C6H12O3. The molecular weight excluding hydrogens is 120 g/mol. The van der Waals surface area contributed by atoms with Crippen LogP contribution < -0.4 is 0 Å². The third-order valence-corrected chi connectivity index (χ3v) is 0.877. The van der Waals surface area contributed by atoms with Crippen molar-refractivity contribution in [1.29, 1.82) is 0 Å². The summed E-state index contributed by atoms with van der Waals surface area (Å²) in [6.45, 7) is 5.31. The summed E-state index contributed by atoms with van der Waals surface area (Å²) in [6, 6.07) is 0. The van der Waals surface area contributed by atoms with E-state index in [4.69, 9.17) is 14.9 Å². The van der Waals surface area contributed by atoms with Gasteiger partial charge in [0.25, 0.3) is 0 Å². The van der Waals surface area contributed by atoms with Crippen LogP contribution in [0.1, 0.15) is 6.92 Å². The van der Waals surface area contributed by atoms with Gasteiger partial charge in [0.2, 0.25) is 0 Å². The second-order valence-corrected chi connectivity index (χ2v) is 1.62. The Morgan fingerprint density at radius 1 is 1.78 bits per heavy atom. The van der Waals surface area contributed by atoms with E-state index in [9.17, 15) is 0 Å². The minimum Gasteiger partial charge on any atom is -0.392 e. The van der Waals surface area contributed by atoms with Crippen molar-refractivity contribution in [3.8, 4) is 0 Å². The van der Waals surface area contributed by atoms with Gasteiger partial charge in [0.1, 0.15) is 0 Å². The highest BCUT2D eigenvalue weighted by atomic mass is 16.6. The highest BCUT2D eigenvalue weighted by Gasteiger charge is 2.04. The summed E-state index contributed by atoms with van der Waals surface area (Å²) in [6.07, 6.45) is -1.01. The highest BCUT2D eigenvalue weighted by Crippen LogP contribution is 1.98. The Morgan fingerprint density at radius 3 is 2.67 bits per heavy atom.